The topological polar surface area (TPSA) is 113 Å². The number of fused-ring (bicyclic) bond motifs is 5. The van der Waals surface area contributed by atoms with Crippen molar-refractivity contribution < 1.29 is 13.2 Å². The number of amides is 1. The minimum absolute atomic E-state index is 0.0544. The monoisotopic (exact) mass is 475 g/mol. The molecule has 1 amide bonds. The number of nitrogens with zero attached hydrogens (tertiary/aromatic N) is 2. The standard InChI is InChI=1S/C25H25N5O3S/c31-23-13-17-14-26-25(29-24(17)20-3-1-2-4-21(20)28-23)27-18-7-9-19(10-8-18)34(32,33)30-22-12-15-5-6-16(22)11-15/h1-4,7-10,14-16,22,30H,5-6,11-13H2,(H,28,31)(H,26,27,29)/t15-,16-,22-/m1/s1. The van der Waals surface area contributed by atoms with E-state index in [1.165, 1.54) is 6.42 Å². The second-order valence-electron chi connectivity index (χ2n) is 9.39. The summed E-state index contributed by atoms with van der Waals surface area (Å²) in [7, 11) is -3.56. The zero-order valence-corrected chi connectivity index (χ0v) is 19.3. The van der Waals surface area contributed by atoms with Gasteiger partial charge >= 0.3 is 0 Å². The Morgan fingerprint density at radius 2 is 1.82 bits per heavy atom. The third-order valence-electron chi connectivity index (χ3n) is 7.14. The highest BCUT2D eigenvalue weighted by atomic mass is 32.2. The first-order chi connectivity index (χ1) is 16.4. The summed E-state index contributed by atoms with van der Waals surface area (Å²) in [4.78, 5) is 21.5. The molecule has 174 valence electrons. The lowest BCUT2D eigenvalue weighted by atomic mass is 9.96. The molecule has 3 aromatic rings. The maximum absolute atomic E-state index is 12.9. The molecule has 2 bridgehead atoms. The molecule has 3 N–H and O–H groups in total. The van der Waals surface area contributed by atoms with E-state index in [9.17, 15) is 13.2 Å². The minimum Gasteiger partial charge on any atom is -0.325 e. The van der Waals surface area contributed by atoms with Crippen LogP contribution in [0.25, 0.3) is 11.3 Å². The molecule has 1 aliphatic heterocycles. The Morgan fingerprint density at radius 3 is 2.59 bits per heavy atom. The Labute approximate surface area is 198 Å². The summed E-state index contributed by atoms with van der Waals surface area (Å²) in [5.41, 5.74) is 3.67. The number of aromatic nitrogens is 2. The fraction of sp³-hybridized carbons (Fsp3) is 0.320. The molecule has 1 aromatic heterocycles. The number of carbonyl (C=O) groups is 1. The highest BCUT2D eigenvalue weighted by molar-refractivity contribution is 7.89. The van der Waals surface area contributed by atoms with E-state index in [1.807, 2.05) is 24.3 Å². The highest BCUT2D eigenvalue weighted by Crippen LogP contribution is 2.44. The van der Waals surface area contributed by atoms with Crippen LogP contribution in [0.3, 0.4) is 0 Å². The fourth-order valence-corrected chi connectivity index (χ4v) is 6.82. The van der Waals surface area contributed by atoms with E-state index >= 15 is 0 Å². The first kappa shape index (κ1) is 21.2. The van der Waals surface area contributed by atoms with Crippen molar-refractivity contribution in [1.29, 1.82) is 0 Å². The summed E-state index contributed by atoms with van der Waals surface area (Å²) in [6.07, 6.45) is 6.30. The van der Waals surface area contributed by atoms with Gasteiger partial charge in [-0.3, -0.25) is 4.79 Å². The van der Waals surface area contributed by atoms with Crippen molar-refractivity contribution >= 4 is 33.3 Å². The minimum atomic E-state index is -3.56. The molecule has 0 spiro atoms. The number of sulfonamides is 1. The van der Waals surface area contributed by atoms with Gasteiger partial charge in [0.05, 0.1) is 22.7 Å². The Bertz CT molecular complexity index is 1370. The van der Waals surface area contributed by atoms with Gasteiger partial charge in [-0.15, -0.1) is 0 Å². The molecular weight excluding hydrogens is 450 g/mol. The number of benzene rings is 2. The summed E-state index contributed by atoms with van der Waals surface area (Å²) >= 11 is 0. The summed E-state index contributed by atoms with van der Waals surface area (Å²) < 4.78 is 28.7. The molecule has 2 heterocycles. The van der Waals surface area contributed by atoms with Crippen molar-refractivity contribution in [2.45, 2.75) is 43.0 Å². The van der Waals surface area contributed by atoms with Crippen LogP contribution in [0.15, 0.2) is 59.6 Å². The van der Waals surface area contributed by atoms with Gasteiger partial charge in [0.1, 0.15) is 0 Å². The average molecular weight is 476 g/mol. The van der Waals surface area contributed by atoms with Gasteiger partial charge in [0, 0.05) is 29.1 Å². The van der Waals surface area contributed by atoms with Gasteiger partial charge in [-0.05, 0) is 61.4 Å². The number of hydrogen-bond donors (Lipinski definition) is 3. The van der Waals surface area contributed by atoms with Gasteiger partial charge in [0.25, 0.3) is 0 Å². The van der Waals surface area contributed by atoms with E-state index in [4.69, 9.17) is 0 Å². The summed E-state index contributed by atoms with van der Waals surface area (Å²) in [5.74, 6) is 1.41. The second kappa shape index (κ2) is 8.18. The van der Waals surface area contributed by atoms with Crippen molar-refractivity contribution in [3.8, 4) is 11.3 Å². The zero-order valence-electron chi connectivity index (χ0n) is 18.5. The first-order valence-corrected chi connectivity index (χ1v) is 13.1. The summed E-state index contributed by atoms with van der Waals surface area (Å²) in [5, 5.41) is 6.05. The number of carbonyl (C=O) groups excluding carboxylic acids is 1. The van der Waals surface area contributed by atoms with Gasteiger partial charge < -0.3 is 10.6 Å². The predicted octanol–water partition coefficient (Wildman–Crippen LogP) is 3.85. The molecule has 3 aliphatic rings. The van der Waals surface area contributed by atoms with Crippen molar-refractivity contribution in [3.63, 3.8) is 0 Å². The normalized spacial score (nSPS) is 23.1. The van der Waals surface area contributed by atoms with E-state index < -0.39 is 10.0 Å². The van der Waals surface area contributed by atoms with E-state index in [0.717, 1.165) is 30.4 Å². The molecule has 0 unspecified atom stereocenters. The number of hydrogen-bond acceptors (Lipinski definition) is 6. The van der Waals surface area contributed by atoms with Gasteiger partial charge in [-0.25, -0.2) is 23.1 Å². The molecular formula is C25H25N5O3S. The van der Waals surface area contributed by atoms with Crippen LogP contribution in [0.1, 0.15) is 31.2 Å². The molecule has 2 fully saturated rings. The van der Waals surface area contributed by atoms with Crippen LogP contribution in [0, 0.1) is 11.8 Å². The molecule has 8 nitrogen and oxygen atoms in total. The van der Waals surface area contributed by atoms with Crippen LogP contribution in [0.2, 0.25) is 0 Å². The van der Waals surface area contributed by atoms with Crippen LogP contribution in [0.4, 0.5) is 17.3 Å². The van der Waals surface area contributed by atoms with Crippen LogP contribution in [-0.4, -0.2) is 30.3 Å². The number of rotatable bonds is 5. The number of nitrogens with one attached hydrogen (secondary N) is 3. The van der Waals surface area contributed by atoms with Gasteiger partial charge in [-0.1, -0.05) is 24.6 Å². The molecule has 6 rings (SSSR count). The van der Waals surface area contributed by atoms with E-state index in [-0.39, 0.29) is 23.3 Å². The molecule has 0 saturated heterocycles. The van der Waals surface area contributed by atoms with Gasteiger partial charge in [0.15, 0.2) is 0 Å². The lowest BCUT2D eigenvalue weighted by Gasteiger charge is -2.22. The van der Waals surface area contributed by atoms with Crippen molar-refractivity contribution in [3.05, 3.63) is 60.3 Å². The molecule has 3 atom stereocenters. The van der Waals surface area contributed by atoms with Gasteiger partial charge in [-0.2, -0.15) is 0 Å². The number of anilines is 3. The van der Waals surface area contributed by atoms with Crippen molar-refractivity contribution in [2.75, 3.05) is 10.6 Å². The largest absolute Gasteiger partial charge is 0.325 e. The maximum Gasteiger partial charge on any atom is 0.240 e. The maximum atomic E-state index is 12.9. The second-order valence-corrected chi connectivity index (χ2v) is 11.1. The van der Waals surface area contributed by atoms with Crippen molar-refractivity contribution in [1.82, 2.24) is 14.7 Å². The third-order valence-corrected chi connectivity index (χ3v) is 8.64. The molecule has 34 heavy (non-hydrogen) atoms. The molecule has 9 heteroatoms. The zero-order chi connectivity index (χ0) is 23.3. The van der Waals surface area contributed by atoms with Gasteiger partial charge in [0.2, 0.25) is 21.9 Å². The van der Waals surface area contributed by atoms with Crippen LogP contribution >= 0.6 is 0 Å². The third kappa shape index (κ3) is 3.95. The van der Waals surface area contributed by atoms with E-state index in [1.54, 1.807) is 30.5 Å². The Balaban J connectivity index is 1.21. The predicted molar refractivity (Wildman–Crippen MR) is 129 cm³/mol. The first-order valence-electron chi connectivity index (χ1n) is 11.6. The van der Waals surface area contributed by atoms with E-state index in [2.05, 4.69) is 25.3 Å². The smallest absolute Gasteiger partial charge is 0.240 e. The lowest BCUT2D eigenvalue weighted by Crippen LogP contribution is -2.38. The Hall–Kier alpha value is -3.30. The Kier molecular flexibility index (Phi) is 5.11. The molecule has 2 aliphatic carbocycles. The summed E-state index contributed by atoms with van der Waals surface area (Å²) in [6.45, 7) is 0. The van der Waals surface area contributed by atoms with Crippen molar-refractivity contribution in [2.24, 2.45) is 11.8 Å². The average Bonchev–Trinajstić information content (AvgIpc) is 3.40. The Morgan fingerprint density at radius 1 is 1.00 bits per heavy atom. The lowest BCUT2D eigenvalue weighted by molar-refractivity contribution is -0.115. The highest BCUT2D eigenvalue weighted by Gasteiger charge is 2.41. The van der Waals surface area contributed by atoms with E-state index in [0.29, 0.717) is 34.9 Å². The molecule has 2 saturated carbocycles. The van der Waals surface area contributed by atoms with Crippen LogP contribution < -0.4 is 15.4 Å². The fourth-order valence-electron chi connectivity index (χ4n) is 5.50. The van der Waals surface area contributed by atoms with Crippen LogP contribution in [0.5, 0.6) is 0 Å². The quantitative estimate of drug-likeness (QED) is 0.517. The molecule has 0 radical (unpaired) electrons. The van der Waals surface area contributed by atoms with Crippen LogP contribution in [-0.2, 0) is 21.2 Å². The number of para-hydroxylation sites is 1. The molecule has 2 aromatic carbocycles. The summed E-state index contributed by atoms with van der Waals surface area (Å²) in [6, 6.07) is 14.2. The SMILES string of the molecule is O=C1Cc2cnc(Nc3ccc(S(=O)(=O)N[C@@H]4C[C@@H]5CC[C@@H]4C5)cc3)nc2-c2ccccc2N1.